The van der Waals surface area contributed by atoms with E-state index in [-0.39, 0.29) is 5.48 Å². The van der Waals surface area contributed by atoms with Gasteiger partial charge in [-0.05, 0) is 0 Å². The second kappa shape index (κ2) is 11.6. The van der Waals surface area contributed by atoms with E-state index in [1.165, 1.54) is 0 Å². The highest BCUT2D eigenvalue weighted by molar-refractivity contribution is 4.28. The molecule has 0 saturated carbocycles. The average molecular weight is 152 g/mol. The van der Waals surface area contributed by atoms with Gasteiger partial charge in [0.2, 0.25) is 0 Å². The third-order valence-corrected chi connectivity index (χ3v) is 0.864. The zero-order chi connectivity index (χ0) is 6.95. The van der Waals surface area contributed by atoms with E-state index in [0.29, 0.717) is 26.4 Å². The lowest BCUT2D eigenvalue weighted by molar-refractivity contribution is 0.0385. The second-order valence-corrected chi connectivity index (χ2v) is 1.60. The molecule has 0 aliphatic carbocycles. The summed E-state index contributed by atoms with van der Waals surface area (Å²) in [4.78, 5) is 0. The van der Waals surface area contributed by atoms with Crippen molar-refractivity contribution >= 4 is 0 Å². The summed E-state index contributed by atoms with van der Waals surface area (Å²) in [5, 5.41) is 0. The molecule has 0 fully saturated rings. The highest BCUT2D eigenvalue weighted by atomic mass is 16.5. The van der Waals surface area contributed by atoms with Crippen molar-refractivity contribution in [3.8, 4) is 0 Å². The first-order chi connectivity index (χ1) is 4.41. The molecule has 0 atom stereocenters. The summed E-state index contributed by atoms with van der Waals surface area (Å²) < 4.78 is 14.6. The number of hydrogen-bond donors (Lipinski definition) is 0. The van der Waals surface area contributed by atoms with Crippen LogP contribution in [0.4, 0.5) is 0 Å². The van der Waals surface area contributed by atoms with E-state index in [1.54, 1.807) is 14.2 Å². The molecular formula is C6H16O4. The van der Waals surface area contributed by atoms with E-state index < -0.39 is 0 Å². The largest absolute Gasteiger partial charge is 0.412 e. The Hall–Kier alpha value is -0.160. The van der Waals surface area contributed by atoms with Crippen LogP contribution in [0.5, 0.6) is 0 Å². The first kappa shape index (κ1) is 12.5. The minimum atomic E-state index is 0. The molecule has 0 saturated heterocycles. The minimum Gasteiger partial charge on any atom is -0.412 e. The predicted molar refractivity (Wildman–Crippen MR) is 38.2 cm³/mol. The van der Waals surface area contributed by atoms with Crippen molar-refractivity contribution in [2.24, 2.45) is 0 Å². The number of hydrogen-bond acceptors (Lipinski definition) is 3. The lowest BCUT2D eigenvalue weighted by Crippen LogP contribution is -2.06. The van der Waals surface area contributed by atoms with E-state index in [2.05, 4.69) is 0 Å². The average Bonchev–Trinajstić information content (AvgIpc) is 1.89. The van der Waals surface area contributed by atoms with Crippen molar-refractivity contribution in [1.29, 1.82) is 0 Å². The quantitative estimate of drug-likeness (QED) is 0.481. The van der Waals surface area contributed by atoms with Gasteiger partial charge >= 0.3 is 0 Å². The van der Waals surface area contributed by atoms with E-state index in [9.17, 15) is 0 Å². The van der Waals surface area contributed by atoms with Crippen molar-refractivity contribution in [3.63, 3.8) is 0 Å². The van der Waals surface area contributed by atoms with Crippen LogP contribution in [-0.4, -0.2) is 46.1 Å². The van der Waals surface area contributed by atoms with Crippen molar-refractivity contribution in [2.45, 2.75) is 0 Å². The maximum absolute atomic E-state index is 5.06. The Morgan fingerprint density at radius 3 is 1.50 bits per heavy atom. The molecule has 10 heavy (non-hydrogen) atoms. The first-order valence-corrected chi connectivity index (χ1v) is 2.97. The summed E-state index contributed by atoms with van der Waals surface area (Å²) in [5.74, 6) is 0. The zero-order valence-electron chi connectivity index (χ0n) is 6.55. The maximum Gasteiger partial charge on any atom is 0.0701 e. The van der Waals surface area contributed by atoms with Gasteiger partial charge in [-0.1, -0.05) is 0 Å². The van der Waals surface area contributed by atoms with Crippen LogP contribution in [-0.2, 0) is 14.2 Å². The van der Waals surface area contributed by atoms with Crippen LogP contribution in [0, 0.1) is 0 Å². The van der Waals surface area contributed by atoms with Gasteiger partial charge in [-0.25, -0.2) is 0 Å². The Morgan fingerprint density at radius 2 is 1.20 bits per heavy atom. The zero-order valence-corrected chi connectivity index (χ0v) is 6.55. The molecule has 0 unspecified atom stereocenters. The molecule has 0 heterocycles. The molecule has 0 rings (SSSR count). The van der Waals surface area contributed by atoms with Crippen LogP contribution >= 0.6 is 0 Å². The molecule has 0 amide bonds. The van der Waals surface area contributed by atoms with E-state index in [1.807, 2.05) is 0 Å². The fraction of sp³-hybridized carbons (Fsp3) is 1.00. The van der Waals surface area contributed by atoms with Crippen LogP contribution in [0.3, 0.4) is 0 Å². The SMILES string of the molecule is COCCOCCOC.O. The van der Waals surface area contributed by atoms with Gasteiger partial charge in [-0.3, -0.25) is 0 Å². The molecule has 0 aromatic rings. The summed E-state index contributed by atoms with van der Waals surface area (Å²) in [5.41, 5.74) is 0. The number of ether oxygens (including phenoxy) is 3. The topological polar surface area (TPSA) is 59.2 Å². The molecule has 4 nitrogen and oxygen atoms in total. The highest BCUT2D eigenvalue weighted by Gasteiger charge is 1.84. The maximum atomic E-state index is 5.06. The summed E-state index contributed by atoms with van der Waals surface area (Å²) in [6.07, 6.45) is 0. The summed E-state index contributed by atoms with van der Waals surface area (Å²) >= 11 is 0. The molecule has 64 valence electrons. The third kappa shape index (κ3) is 10.8. The Labute approximate surface area is 61.4 Å². The molecule has 4 heteroatoms. The van der Waals surface area contributed by atoms with E-state index in [4.69, 9.17) is 14.2 Å². The van der Waals surface area contributed by atoms with Crippen molar-refractivity contribution in [1.82, 2.24) is 0 Å². The molecule has 0 aliphatic heterocycles. The summed E-state index contributed by atoms with van der Waals surface area (Å²) in [6.45, 7) is 2.62. The smallest absolute Gasteiger partial charge is 0.0701 e. The third-order valence-electron chi connectivity index (χ3n) is 0.864. The fourth-order valence-electron chi connectivity index (χ4n) is 0.387. The second-order valence-electron chi connectivity index (χ2n) is 1.60. The van der Waals surface area contributed by atoms with Crippen LogP contribution in [0.15, 0.2) is 0 Å². The van der Waals surface area contributed by atoms with Crippen LogP contribution in [0.25, 0.3) is 0 Å². The minimum absolute atomic E-state index is 0. The molecule has 0 radical (unpaired) electrons. The molecule has 0 aromatic carbocycles. The Kier molecular flexibility index (Phi) is 14.5. The van der Waals surface area contributed by atoms with Crippen molar-refractivity contribution in [3.05, 3.63) is 0 Å². The van der Waals surface area contributed by atoms with Gasteiger partial charge in [0, 0.05) is 14.2 Å². The Balaban J connectivity index is 0. The molecular weight excluding hydrogens is 136 g/mol. The molecule has 0 spiro atoms. The molecule has 0 aromatic heterocycles. The fourth-order valence-corrected chi connectivity index (χ4v) is 0.387. The number of methoxy groups -OCH3 is 2. The summed E-state index contributed by atoms with van der Waals surface area (Å²) in [6, 6.07) is 0. The Bertz CT molecular complexity index is 43.0. The van der Waals surface area contributed by atoms with Gasteiger partial charge in [0.05, 0.1) is 26.4 Å². The molecule has 0 bridgehead atoms. The van der Waals surface area contributed by atoms with Crippen LogP contribution < -0.4 is 0 Å². The van der Waals surface area contributed by atoms with Gasteiger partial charge in [-0.2, -0.15) is 0 Å². The molecule has 2 N–H and O–H groups in total. The van der Waals surface area contributed by atoms with Gasteiger partial charge < -0.3 is 19.7 Å². The lowest BCUT2D eigenvalue weighted by Gasteiger charge is -2.00. The van der Waals surface area contributed by atoms with Gasteiger partial charge in [0.1, 0.15) is 0 Å². The van der Waals surface area contributed by atoms with Crippen LogP contribution in [0.2, 0.25) is 0 Å². The lowest BCUT2D eigenvalue weighted by atomic mass is 10.7. The standard InChI is InChI=1S/C6H14O3.H2O/c1-7-3-5-9-6-4-8-2;/h3-6H2,1-2H3;1H2. The van der Waals surface area contributed by atoms with Crippen LogP contribution in [0.1, 0.15) is 0 Å². The number of rotatable bonds is 6. The highest BCUT2D eigenvalue weighted by Crippen LogP contribution is 1.75. The predicted octanol–water partition coefficient (Wildman–Crippen LogP) is -0.529. The Morgan fingerprint density at radius 1 is 0.800 bits per heavy atom. The monoisotopic (exact) mass is 152 g/mol. The van der Waals surface area contributed by atoms with Gasteiger partial charge in [0.15, 0.2) is 0 Å². The normalized spacial score (nSPS) is 9.00. The van der Waals surface area contributed by atoms with Gasteiger partial charge in [0.25, 0.3) is 0 Å². The molecule has 0 aliphatic rings. The van der Waals surface area contributed by atoms with Crippen molar-refractivity contribution in [2.75, 3.05) is 40.6 Å². The van der Waals surface area contributed by atoms with Gasteiger partial charge in [-0.15, -0.1) is 0 Å². The van der Waals surface area contributed by atoms with E-state index in [0.717, 1.165) is 0 Å². The van der Waals surface area contributed by atoms with Crippen molar-refractivity contribution < 1.29 is 19.7 Å². The summed E-state index contributed by atoms with van der Waals surface area (Å²) in [7, 11) is 3.30. The van der Waals surface area contributed by atoms with E-state index >= 15 is 0 Å². The first-order valence-electron chi connectivity index (χ1n) is 2.97.